The number of nitrogens with one attached hydrogen (secondary N) is 1. The number of nitrogens with zero attached hydrogens (tertiary/aromatic N) is 2. The minimum Gasteiger partial charge on any atom is -0.481 e. The van der Waals surface area contributed by atoms with Crippen molar-refractivity contribution in [3.8, 4) is 6.07 Å². The Hall–Kier alpha value is -2.26. The van der Waals surface area contributed by atoms with E-state index in [1.165, 1.54) is 17.0 Å². The van der Waals surface area contributed by atoms with Crippen molar-refractivity contribution in [1.29, 1.82) is 5.26 Å². The van der Waals surface area contributed by atoms with Crippen LogP contribution in [0.2, 0.25) is 5.02 Å². The summed E-state index contributed by atoms with van der Waals surface area (Å²) in [5, 5.41) is 20.8. The maximum Gasteiger partial charge on any atom is 0.321 e. The van der Waals surface area contributed by atoms with Crippen LogP contribution in [0.4, 0.5) is 10.5 Å². The third kappa shape index (κ3) is 3.09. The zero-order valence-corrected chi connectivity index (χ0v) is 12.1. The van der Waals surface area contributed by atoms with E-state index in [0.717, 1.165) is 0 Å². The SMILES string of the molecule is CC1(C(=O)O)CCN(C(=O)Nc2ccc(C#N)c(Cl)c2)C1. The Morgan fingerprint density at radius 3 is 2.76 bits per heavy atom. The van der Waals surface area contributed by atoms with Gasteiger partial charge in [0.05, 0.1) is 16.0 Å². The number of likely N-dealkylation sites (tertiary alicyclic amines) is 1. The summed E-state index contributed by atoms with van der Waals surface area (Å²) >= 11 is 5.89. The fourth-order valence-corrected chi connectivity index (χ4v) is 2.42. The number of nitriles is 1. The fourth-order valence-electron chi connectivity index (χ4n) is 2.20. The number of hydrogen-bond acceptors (Lipinski definition) is 3. The molecule has 2 amide bonds. The third-order valence-corrected chi connectivity index (χ3v) is 3.93. The van der Waals surface area contributed by atoms with Crippen molar-refractivity contribution in [2.75, 3.05) is 18.4 Å². The van der Waals surface area contributed by atoms with E-state index < -0.39 is 11.4 Å². The van der Waals surface area contributed by atoms with Crippen LogP contribution in [0.5, 0.6) is 0 Å². The Labute approximate surface area is 126 Å². The van der Waals surface area contributed by atoms with Crippen molar-refractivity contribution in [3.05, 3.63) is 28.8 Å². The van der Waals surface area contributed by atoms with Gasteiger partial charge in [0, 0.05) is 18.8 Å². The topological polar surface area (TPSA) is 93.4 Å². The van der Waals surface area contributed by atoms with Crippen LogP contribution in [0.3, 0.4) is 0 Å². The van der Waals surface area contributed by atoms with Crippen molar-refractivity contribution in [2.45, 2.75) is 13.3 Å². The molecule has 2 rings (SSSR count). The summed E-state index contributed by atoms with van der Waals surface area (Å²) in [5.74, 6) is -0.904. The van der Waals surface area contributed by atoms with E-state index in [1.54, 1.807) is 13.0 Å². The predicted octanol–water partition coefficient (Wildman–Crippen LogP) is 2.54. The minimum absolute atomic E-state index is 0.165. The van der Waals surface area contributed by atoms with Crippen molar-refractivity contribution in [2.24, 2.45) is 5.41 Å². The molecule has 1 saturated heterocycles. The minimum atomic E-state index is -0.904. The van der Waals surface area contributed by atoms with Gasteiger partial charge >= 0.3 is 12.0 Å². The molecule has 1 atom stereocenters. The second-order valence-electron chi connectivity index (χ2n) is 5.27. The molecule has 1 heterocycles. The lowest BCUT2D eigenvalue weighted by molar-refractivity contribution is -0.146. The second kappa shape index (κ2) is 5.62. The maximum atomic E-state index is 12.1. The number of halogens is 1. The maximum absolute atomic E-state index is 12.1. The highest BCUT2D eigenvalue weighted by Crippen LogP contribution is 2.30. The molecule has 7 heteroatoms. The molecule has 0 bridgehead atoms. The Morgan fingerprint density at radius 1 is 1.52 bits per heavy atom. The molecule has 0 spiro atoms. The zero-order valence-electron chi connectivity index (χ0n) is 11.4. The van der Waals surface area contributed by atoms with Crippen molar-refractivity contribution < 1.29 is 14.7 Å². The monoisotopic (exact) mass is 307 g/mol. The first kappa shape index (κ1) is 15.1. The van der Waals surface area contributed by atoms with Crippen LogP contribution in [0.25, 0.3) is 0 Å². The lowest BCUT2D eigenvalue weighted by Gasteiger charge is -2.20. The molecular formula is C14H14ClN3O3. The highest BCUT2D eigenvalue weighted by atomic mass is 35.5. The summed E-state index contributed by atoms with van der Waals surface area (Å²) in [4.78, 5) is 24.7. The number of rotatable bonds is 2. The number of hydrogen-bond donors (Lipinski definition) is 2. The molecular weight excluding hydrogens is 294 g/mol. The van der Waals surface area contributed by atoms with Gasteiger partial charge in [-0.2, -0.15) is 5.26 Å². The summed E-state index contributed by atoms with van der Waals surface area (Å²) in [6, 6.07) is 6.15. The van der Waals surface area contributed by atoms with Gasteiger partial charge in [-0.3, -0.25) is 4.79 Å². The van der Waals surface area contributed by atoms with Gasteiger partial charge in [-0.1, -0.05) is 11.6 Å². The number of carbonyl (C=O) groups is 2. The summed E-state index contributed by atoms with van der Waals surface area (Å²) < 4.78 is 0. The first-order chi connectivity index (χ1) is 9.85. The Kier molecular flexibility index (Phi) is 4.05. The van der Waals surface area contributed by atoms with Crippen LogP contribution in [0.1, 0.15) is 18.9 Å². The average Bonchev–Trinajstić information content (AvgIpc) is 2.83. The number of benzene rings is 1. The molecule has 1 aliphatic rings. The molecule has 1 aromatic rings. The van der Waals surface area contributed by atoms with E-state index in [1.807, 2.05) is 6.07 Å². The van der Waals surface area contributed by atoms with Crippen molar-refractivity contribution in [3.63, 3.8) is 0 Å². The summed E-state index contributed by atoms with van der Waals surface area (Å²) in [7, 11) is 0. The van der Waals surface area contributed by atoms with Crippen molar-refractivity contribution >= 4 is 29.3 Å². The standard InChI is InChI=1S/C14H14ClN3O3/c1-14(12(19)20)4-5-18(8-14)13(21)17-10-3-2-9(7-16)11(15)6-10/h2-3,6H,4-5,8H2,1H3,(H,17,21)(H,19,20). The van der Waals surface area contributed by atoms with Crippen LogP contribution < -0.4 is 5.32 Å². The second-order valence-corrected chi connectivity index (χ2v) is 5.68. The lowest BCUT2D eigenvalue weighted by atomic mass is 9.90. The van der Waals surface area contributed by atoms with Gasteiger partial charge in [0.1, 0.15) is 6.07 Å². The normalized spacial score (nSPS) is 20.9. The number of anilines is 1. The molecule has 1 aromatic carbocycles. The molecule has 0 aromatic heterocycles. The van der Waals surface area contributed by atoms with Crippen LogP contribution in [-0.4, -0.2) is 35.1 Å². The van der Waals surface area contributed by atoms with Gasteiger partial charge in [0.2, 0.25) is 0 Å². The number of carboxylic acids is 1. The van der Waals surface area contributed by atoms with Gasteiger partial charge in [-0.25, -0.2) is 4.79 Å². The summed E-state index contributed by atoms with van der Waals surface area (Å²) in [6.45, 7) is 2.18. The van der Waals surface area contributed by atoms with Gasteiger partial charge in [-0.05, 0) is 31.5 Å². The molecule has 0 saturated carbocycles. The Morgan fingerprint density at radius 2 is 2.24 bits per heavy atom. The fraction of sp³-hybridized carbons (Fsp3) is 0.357. The van der Waals surface area contributed by atoms with E-state index in [-0.39, 0.29) is 17.6 Å². The first-order valence-electron chi connectivity index (χ1n) is 6.35. The predicted molar refractivity (Wildman–Crippen MR) is 77.1 cm³/mol. The van der Waals surface area contributed by atoms with E-state index >= 15 is 0 Å². The van der Waals surface area contributed by atoms with Gasteiger partial charge < -0.3 is 15.3 Å². The average molecular weight is 308 g/mol. The third-order valence-electron chi connectivity index (χ3n) is 3.62. The van der Waals surface area contributed by atoms with E-state index in [4.69, 9.17) is 22.0 Å². The van der Waals surface area contributed by atoms with E-state index in [2.05, 4.69) is 5.32 Å². The molecule has 110 valence electrons. The van der Waals surface area contributed by atoms with Crippen molar-refractivity contribution in [1.82, 2.24) is 4.90 Å². The van der Waals surface area contributed by atoms with Crippen LogP contribution in [0, 0.1) is 16.7 Å². The molecule has 0 aliphatic carbocycles. The number of carboxylic acid groups (broad SMARTS) is 1. The number of carbonyl (C=O) groups excluding carboxylic acids is 1. The summed E-state index contributed by atoms with van der Waals surface area (Å²) in [5.41, 5.74) is -0.109. The molecule has 1 unspecified atom stereocenters. The van der Waals surface area contributed by atoms with Gasteiger partial charge in [0.15, 0.2) is 0 Å². The largest absolute Gasteiger partial charge is 0.481 e. The van der Waals surface area contributed by atoms with E-state index in [9.17, 15) is 9.59 Å². The first-order valence-corrected chi connectivity index (χ1v) is 6.72. The quantitative estimate of drug-likeness (QED) is 0.878. The molecule has 1 aliphatic heterocycles. The van der Waals surface area contributed by atoms with Crippen LogP contribution in [-0.2, 0) is 4.79 Å². The number of amides is 2. The molecule has 21 heavy (non-hydrogen) atoms. The molecule has 6 nitrogen and oxygen atoms in total. The molecule has 0 radical (unpaired) electrons. The Bertz CT molecular complexity index is 641. The molecule has 1 fully saturated rings. The van der Waals surface area contributed by atoms with Gasteiger partial charge in [-0.15, -0.1) is 0 Å². The van der Waals surface area contributed by atoms with E-state index in [0.29, 0.717) is 24.2 Å². The number of aliphatic carboxylic acids is 1. The van der Waals surface area contributed by atoms with Gasteiger partial charge in [0.25, 0.3) is 0 Å². The van der Waals surface area contributed by atoms with Crippen LogP contribution in [0.15, 0.2) is 18.2 Å². The van der Waals surface area contributed by atoms with Crippen LogP contribution >= 0.6 is 11.6 Å². The smallest absolute Gasteiger partial charge is 0.321 e. The highest BCUT2D eigenvalue weighted by molar-refractivity contribution is 6.32. The molecule has 2 N–H and O–H groups in total. The summed E-state index contributed by atoms with van der Waals surface area (Å²) in [6.07, 6.45) is 0.421. The Balaban J connectivity index is 2.05. The zero-order chi connectivity index (χ0) is 15.6. The lowest BCUT2D eigenvalue weighted by Crippen LogP contribution is -2.37. The number of urea groups is 1. The highest BCUT2D eigenvalue weighted by Gasteiger charge is 2.42.